The lowest BCUT2D eigenvalue weighted by Crippen LogP contribution is -1.98. The van der Waals surface area contributed by atoms with Gasteiger partial charge in [-0.15, -0.1) is 0 Å². The molecule has 1 aliphatic rings. The van der Waals surface area contributed by atoms with Gasteiger partial charge in [0.05, 0.1) is 11.2 Å². The van der Waals surface area contributed by atoms with Crippen LogP contribution in [-0.2, 0) is 11.5 Å². The number of ketones is 1. The average molecular weight is 338 g/mol. The van der Waals surface area contributed by atoms with E-state index in [-0.39, 0.29) is 18.4 Å². The molecule has 0 radical (unpaired) electrons. The van der Waals surface area contributed by atoms with Crippen LogP contribution in [0.15, 0.2) is 46.1 Å². The molecule has 1 aliphatic heterocycles. The van der Waals surface area contributed by atoms with Crippen molar-refractivity contribution in [1.29, 1.82) is 0 Å². The first-order valence-corrected chi connectivity index (χ1v) is 8.32. The van der Waals surface area contributed by atoms with E-state index in [0.29, 0.717) is 18.4 Å². The second kappa shape index (κ2) is 6.69. The summed E-state index contributed by atoms with van der Waals surface area (Å²) in [6, 6.07) is 7.54. The molecule has 1 aromatic carbocycles. The summed E-state index contributed by atoms with van der Waals surface area (Å²) in [5.41, 5.74) is 5.23. The molecule has 0 amide bonds. The zero-order valence-corrected chi connectivity index (χ0v) is 14.7. The van der Waals surface area contributed by atoms with E-state index in [4.69, 9.17) is 0 Å². The van der Waals surface area contributed by atoms with Gasteiger partial charge in [0.1, 0.15) is 12.5 Å². The van der Waals surface area contributed by atoms with Crippen LogP contribution in [-0.4, -0.2) is 26.3 Å². The van der Waals surface area contributed by atoms with Crippen molar-refractivity contribution in [2.45, 2.75) is 40.3 Å². The molecule has 5 heteroatoms. The standard InChI is InChI=1S/C20H22N2O3/c1-12(24)8-9-15-13(2)18(21-14(15)3)10-17-16-6-4-5-7-19(16)22(11-23)20(17)25/h4-7,10,23,25H,8-9,11H2,1-3H3. The van der Waals surface area contributed by atoms with Crippen molar-refractivity contribution < 1.29 is 15.0 Å². The third kappa shape index (κ3) is 3.03. The van der Waals surface area contributed by atoms with E-state index >= 15 is 0 Å². The molecule has 0 atom stereocenters. The quantitative estimate of drug-likeness (QED) is 0.871. The van der Waals surface area contributed by atoms with Crippen molar-refractivity contribution in [2.24, 2.45) is 4.99 Å². The smallest absolute Gasteiger partial charge is 0.201 e. The van der Waals surface area contributed by atoms with Crippen molar-refractivity contribution in [3.8, 4) is 5.88 Å². The lowest BCUT2D eigenvalue weighted by molar-refractivity contribution is -0.116. The molecule has 0 unspecified atom stereocenters. The number of aliphatic imine (C=N–C) groups is 1. The number of fused-ring (bicyclic) bond motifs is 1. The summed E-state index contributed by atoms with van der Waals surface area (Å²) in [7, 11) is 0. The Kier molecular flexibility index (Phi) is 4.59. The molecule has 0 spiro atoms. The van der Waals surface area contributed by atoms with Crippen molar-refractivity contribution in [1.82, 2.24) is 4.57 Å². The number of Topliss-reactive ketones (excluding diaryl/α,β-unsaturated/α-hetero) is 1. The monoisotopic (exact) mass is 338 g/mol. The van der Waals surface area contributed by atoms with Crippen molar-refractivity contribution in [2.75, 3.05) is 0 Å². The molecule has 130 valence electrons. The van der Waals surface area contributed by atoms with Gasteiger partial charge in [0, 0.05) is 23.1 Å². The number of hydrogen-bond donors (Lipinski definition) is 2. The number of carbonyl (C=O) groups excluding carboxylic acids is 1. The molecule has 2 aromatic rings. The molecule has 0 aliphatic carbocycles. The largest absolute Gasteiger partial charge is 0.494 e. The number of aromatic hydroxyl groups is 1. The highest BCUT2D eigenvalue weighted by Crippen LogP contribution is 2.36. The Hall–Kier alpha value is -2.66. The van der Waals surface area contributed by atoms with E-state index in [2.05, 4.69) is 4.99 Å². The van der Waals surface area contributed by atoms with Gasteiger partial charge in [-0.1, -0.05) is 18.2 Å². The number of aliphatic hydroxyl groups is 1. The maximum atomic E-state index is 11.3. The molecule has 0 saturated heterocycles. The zero-order chi connectivity index (χ0) is 18.1. The van der Waals surface area contributed by atoms with E-state index in [1.54, 1.807) is 6.92 Å². The van der Waals surface area contributed by atoms with Crippen LogP contribution in [0.5, 0.6) is 5.88 Å². The van der Waals surface area contributed by atoms with Crippen molar-refractivity contribution in [3.63, 3.8) is 0 Å². The van der Waals surface area contributed by atoms with Gasteiger partial charge in [0.15, 0.2) is 0 Å². The second-order valence-electron chi connectivity index (χ2n) is 6.36. The summed E-state index contributed by atoms with van der Waals surface area (Å²) in [5.74, 6) is 0.184. The van der Waals surface area contributed by atoms with Gasteiger partial charge in [-0.05, 0) is 50.5 Å². The Bertz CT molecular complexity index is 945. The average Bonchev–Trinajstić information content (AvgIpc) is 3.00. The van der Waals surface area contributed by atoms with Gasteiger partial charge in [-0.2, -0.15) is 0 Å². The van der Waals surface area contributed by atoms with Gasteiger partial charge < -0.3 is 15.0 Å². The molecule has 0 bridgehead atoms. The van der Waals surface area contributed by atoms with E-state index < -0.39 is 0 Å². The normalized spacial score (nSPS) is 16.2. The van der Waals surface area contributed by atoms with E-state index in [0.717, 1.165) is 33.5 Å². The SMILES string of the molecule is CC(=O)CCC1=C(C)C(=Cc2c(O)n(CO)c3ccccc23)N=C1C. The van der Waals surface area contributed by atoms with Gasteiger partial charge in [0.2, 0.25) is 5.88 Å². The second-order valence-corrected chi connectivity index (χ2v) is 6.36. The summed E-state index contributed by atoms with van der Waals surface area (Å²) >= 11 is 0. The predicted octanol–water partition coefficient (Wildman–Crippen LogP) is 3.80. The third-order valence-electron chi connectivity index (χ3n) is 4.69. The summed E-state index contributed by atoms with van der Waals surface area (Å²) in [6.07, 6.45) is 3.03. The summed E-state index contributed by atoms with van der Waals surface area (Å²) in [4.78, 5) is 15.9. The Morgan fingerprint density at radius 3 is 2.68 bits per heavy atom. The predicted molar refractivity (Wildman–Crippen MR) is 99.5 cm³/mol. The minimum Gasteiger partial charge on any atom is -0.494 e. The van der Waals surface area contributed by atoms with Crippen LogP contribution in [0.25, 0.3) is 17.0 Å². The fraction of sp³-hybridized carbons (Fsp3) is 0.300. The molecule has 2 N–H and O–H groups in total. The number of hydrogen-bond acceptors (Lipinski definition) is 4. The molecule has 0 fully saturated rings. The Labute approximate surface area is 146 Å². The molecule has 0 saturated carbocycles. The third-order valence-corrected chi connectivity index (χ3v) is 4.69. The maximum Gasteiger partial charge on any atom is 0.201 e. The maximum absolute atomic E-state index is 11.3. The van der Waals surface area contributed by atoms with Crippen molar-refractivity contribution >= 4 is 28.5 Å². The zero-order valence-electron chi connectivity index (χ0n) is 14.7. The summed E-state index contributed by atoms with van der Waals surface area (Å²) < 4.78 is 1.46. The van der Waals surface area contributed by atoms with E-state index in [1.165, 1.54) is 4.57 Å². The molecule has 1 aromatic heterocycles. The molecular weight excluding hydrogens is 316 g/mol. The number of benzene rings is 1. The van der Waals surface area contributed by atoms with Crippen LogP contribution >= 0.6 is 0 Å². The first kappa shape index (κ1) is 17.2. The minimum atomic E-state index is -0.295. The molecule has 3 rings (SSSR count). The molecular formula is C20H22N2O3. The molecule has 5 nitrogen and oxygen atoms in total. The first-order valence-electron chi connectivity index (χ1n) is 8.32. The van der Waals surface area contributed by atoms with Crippen molar-refractivity contribution in [3.05, 3.63) is 46.7 Å². The summed E-state index contributed by atoms with van der Waals surface area (Å²) in [6.45, 7) is 5.23. The van der Waals surface area contributed by atoms with Crippen LogP contribution in [0.4, 0.5) is 0 Å². The number of rotatable bonds is 5. The highest BCUT2D eigenvalue weighted by Gasteiger charge is 2.20. The van der Waals surface area contributed by atoms with Gasteiger partial charge in [0.25, 0.3) is 0 Å². The lowest BCUT2D eigenvalue weighted by atomic mass is 9.99. The van der Waals surface area contributed by atoms with E-state index in [9.17, 15) is 15.0 Å². The fourth-order valence-corrected chi connectivity index (χ4v) is 3.31. The Morgan fingerprint density at radius 1 is 1.28 bits per heavy atom. The highest BCUT2D eigenvalue weighted by atomic mass is 16.3. The number of allylic oxidation sites excluding steroid dienone is 2. The topological polar surface area (TPSA) is 74.8 Å². The van der Waals surface area contributed by atoms with Crippen LogP contribution in [0.3, 0.4) is 0 Å². The minimum absolute atomic E-state index is 0.0223. The van der Waals surface area contributed by atoms with Gasteiger partial charge in [-0.25, -0.2) is 0 Å². The number of carbonyl (C=O) groups is 1. The fourth-order valence-electron chi connectivity index (χ4n) is 3.31. The summed E-state index contributed by atoms with van der Waals surface area (Å²) in [5, 5.41) is 20.9. The lowest BCUT2D eigenvalue weighted by Gasteiger charge is -2.03. The number of nitrogens with zero attached hydrogens (tertiary/aromatic N) is 2. The Balaban J connectivity index is 2.09. The number of aromatic nitrogens is 1. The van der Waals surface area contributed by atoms with Gasteiger partial charge >= 0.3 is 0 Å². The van der Waals surface area contributed by atoms with Crippen LogP contribution < -0.4 is 0 Å². The van der Waals surface area contributed by atoms with E-state index in [1.807, 2.05) is 44.2 Å². The van der Waals surface area contributed by atoms with Crippen LogP contribution in [0, 0.1) is 0 Å². The molecule has 25 heavy (non-hydrogen) atoms. The number of para-hydroxylation sites is 1. The van der Waals surface area contributed by atoms with Crippen LogP contribution in [0.1, 0.15) is 39.2 Å². The number of aliphatic hydroxyl groups excluding tert-OH is 1. The molecule has 2 heterocycles. The first-order chi connectivity index (χ1) is 11.9. The van der Waals surface area contributed by atoms with Crippen LogP contribution in [0.2, 0.25) is 0 Å². The highest BCUT2D eigenvalue weighted by molar-refractivity contribution is 6.05. The van der Waals surface area contributed by atoms with Gasteiger partial charge in [-0.3, -0.25) is 9.56 Å². The Morgan fingerprint density at radius 2 is 2.00 bits per heavy atom.